The van der Waals surface area contributed by atoms with Crippen LogP contribution in [-0.4, -0.2) is 37.1 Å². The van der Waals surface area contributed by atoms with E-state index in [0.717, 1.165) is 6.33 Å². The molecule has 19 heavy (non-hydrogen) atoms. The summed E-state index contributed by atoms with van der Waals surface area (Å²) in [6, 6.07) is 0. The summed E-state index contributed by atoms with van der Waals surface area (Å²) >= 11 is 0. The van der Waals surface area contributed by atoms with Crippen LogP contribution in [0.5, 0.6) is 0 Å². The average molecular weight is 277 g/mol. The van der Waals surface area contributed by atoms with E-state index < -0.39 is 34.8 Å². The number of hydrogen-bond acceptors (Lipinski definition) is 5. The van der Waals surface area contributed by atoms with Gasteiger partial charge in [0.2, 0.25) is 6.33 Å². The summed E-state index contributed by atoms with van der Waals surface area (Å²) < 4.78 is 27.7. The SMILES string of the molecule is CC(C)(C)NC(=O)C(F)(F)Cn1cnc([N+](=O)[O-])n1. The molecule has 0 aliphatic rings. The number of aromatic nitrogens is 3. The number of nitrogens with one attached hydrogen (secondary N) is 1. The van der Waals surface area contributed by atoms with E-state index in [4.69, 9.17) is 0 Å². The highest BCUT2D eigenvalue weighted by Gasteiger charge is 2.42. The van der Waals surface area contributed by atoms with Gasteiger partial charge >= 0.3 is 11.9 Å². The Morgan fingerprint density at radius 1 is 1.53 bits per heavy atom. The van der Waals surface area contributed by atoms with Crippen molar-refractivity contribution in [2.45, 2.75) is 38.8 Å². The van der Waals surface area contributed by atoms with Gasteiger partial charge in [0.25, 0.3) is 5.91 Å². The van der Waals surface area contributed by atoms with Crippen LogP contribution in [0.3, 0.4) is 0 Å². The number of carbonyl (C=O) groups is 1. The van der Waals surface area contributed by atoms with Gasteiger partial charge in [-0.15, -0.1) is 0 Å². The maximum Gasteiger partial charge on any atom is 0.490 e. The van der Waals surface area contributed by atoms with Gasteiger partial charge in [0.05, 0.1) is 0 Å². The van der Waals surface area contributed by atoms with Crippen LogP contribution < -0.4 is 5.32 Å². The molecule has 0 aliphatic carbocycles. The van der Waals surface area contributed by atoms with Gasteiger partial charge in [0.15, 0.2) is 0 Å². The van der Waals surface area contributed by atoms with Crippen molar-refractivity contribution < 1.29 is 18.5 Å². The van der Waals surface area contributed by atoms with E-state index >= 15 is 0 Å². The lowest BCUT2D eigenvalue weighted by molar-refractivity contribution is -0.394. The minimum atomic E-state index is -3.74. The zero-order valence-corrected chi connectivity index (χ0v) is 10.6. The zero-order chi connectivity index (χ0) is 14.8. The highest BCUT2D eigenvalue weighted by molar-refractivity contribution is 5.83. The zero-order valence-electron chi connectivity index (χ0n) is 10.6. The molecular weight excluding hydrogens is 264 g/mol. The van der Waals surface area contributed by atoms with Crippen molar-refractivity contribution in [1.29, 1.82) is 0 Å². The van der Waals surface area contributed by atoms with Crippen molar-refractivity contribution in [1.82, 2.24) is 20.1 Å². The lowest BCUT2D eigenvalue weighted by Gasteiger charge is -2.24. The molecule has 10 heteroatoms. The van der Waals surface area contributed by atoms with E-state index in [-0.39, 0.29) is 0 Å². The van der Waals surface area contributed by atoms with Crippen LogP contribution >= 0.6 is 0 Å². The first-order valence-corrected chi connectivity index (χ1v) is 5.25. The van der Waals surface area contributed by atoms with Crippen molar-refractivity contribution in [3.8, 4) is 0 Å². The second-order valence-corrected chi connectivity index (χ2v) is 4.91. The van der Waals surface area contributed by atoms with E-state index in [9.17, 15) is 23.7 Å². The fraction of sp³-hybridized carbons (Fsp3) is 0.667. The minimum Gasteiger partial charge on any atom is -0.390 e. The molecule has 0 fully saturated rings. The highest BCUT2D eigenvalue weighted by Crippen LogP contribution is 2.18. The van der Waals surface area contributed by atoms with Gasteiger partial charge in [-0.2, -0.15) is 13.5 Å². The summed E-state index contributed by atoms with van der Waals surface area (Å²) in [5.41, 5.74) is -0.811. The summed E-state index contributed by atoms with van der Waals surface area (Å²) in [5.74, 6) is -6.01. The van der Waals surface area contributed by atoms with Gasteiger partial charge in [-0.1, -0.05) is 4.98 Å². The van der Waals surface area contributed by atoms with Crippen LogP contribution in [-0.2, 0) is 11.3 Å². The van der Waals surface area contributed by atoms with Crippen molar-refractivity contribution in [3.05, 3.63) is 16.4 Å². The molecule has 0 aromatic carbocycles. The summed E-state index contributed by atoms with van der Waals surface area (Å²) in [7, 11) is 0. The molecule has 1 N–H and O–H groups in total. The largest absolute Gasteiger partial charge is 0.490 e. The predicted octanol–water partition coefficient (Wildman–Crippen LogP) is 0.736. The molecule has 0 aliphatic heterocycles. The first-order chi connectivity index (χ1) is 8.51. The molecule has 8 nitrogen and oxygen atoms in total. The summed E-state index contributed by atoms with van der Waals surface area (Å²) in [4.78, 5) is 24.0. The van der Waals surface area contributed by atoms with Crippen molar-refractivity contribution in [2.24, 2.45) is 0 Å². The van der Waals surface area contributed by atoms with Crippen LogP contribution in [0, 0.1) is 10.1 Å². The predicted molar refractivity (Wildman–Crippen MR) is 59.5 cm³/mol. The molecule has 1 rings (SSSR count). The lowest BCUT2D eigenvalue weighted by Crippen LogP contribution is -2.50. The Morgan fingerprint density at radius 3 is 2.53 bits per heavy atom. The summed E-state index contributed by atoms with van der Waals surface area (Å²) in [6.07, 6.45) is 0.774. The number of alkyl halides is 2. The molecule has 0 spiro atoms. The third-order valence-corrected chi connectivity index (χ3v) is 1.87. The third-order valence-electron chi connectivity index (χ3n) is 1.87. The fourth-order valence-corrected chi connectivity index (χ4v) is 1.15. The maximum absolute atomic E-state index is 13.6. The Balaban J connectivity index is 2.78. The molecule has 0 atom stereocenters. The second kappa shape index (κ2) is 4.86. The fourth-order valence-electron chi connectivity index (χ4n) is 1.15. The standard InChI is InChI=1S/C9H13F2N5O3/c1-8(2,3)13-6(17)9(10,11)4-15-5-12-7(14-15)16(18)19/h5H,4H2,1-3H3,(H,13,17). The third kappa shape index (κ3) is 4.23. The van der Waals surface area contributed by atoms with Crippen LogP contribution in [0.2, 0.25) is 0 Å². The van der Waals surface area contributed by atoms with E-state index in [1.54, 1.807) is 20.8 Å². The van der Waals surface area contributed by atoms with Gasteiger partial charge in [-0.05, 0) is 25.7 Å². The quantitative estimate of drug-likeness (QED) is 0.645. The molecule has 1 aromatic rings. The number of halogens is 2. The first-order valence-electron chi connectivity index (χ1n) is 5.25. The van der Waals surface area contributed by atoms with Crippen molar-refractivity contribution >= 4 is 11.9 Å². The number of amides is 1. The molecular formula is C9H13F2N5O3. The summed E-state index contributed by atoms with van der Waals surface area (Å²) in [5, 5.41) is 15.6. The Kier molecular flexibility index (Phi) is 3.82. The van der Waals surface area contributed by atoms with Gasteiger partial charge in [0.1, 0.15) is 6.54 Å². The van der Waals surface area contributed by atoms with Crippen LogP contribution in [0.25, 0.3) is 0 Å². The van der Waals surface area contributed by atoms with Gasteiger partial charge in [-0.3, -0.25) is 4.79 Å². The topological polar surface area (TPSA) is 103 Å². The molecule has 1 heterocycles. The molecule has 106 valence electrons. The second-order valence-electron chi connectivity index (χ2n) is 4.91. The smallest absolute Gasteiger partial charge is 0.390 e. The Hall–Kier alpha value is -2.13. The number of carbonyl (C=O) groups excluding carboxylic acids is 1. The monoisotopic (exact) mass is 277 g/mol. The van der Waals surface area contributed by atoms with E-state index in [0.29, 0.717) is 4.68 Å². The molecule has 0 saturated carbocycles. The summed E-state index contributed by atoms with van der Waals surface area (Å²) in [6.45, 7) is 3.56. The maximum atomic E-state index is 13.6. The Labute approximate surface area is 107 Å². The number of rotatable bonds is 4. The van der Waals surface area contributed by atoms with Gasteiger partial charge < -0.3 is 15.4 Å². The van der Waals surface area contributed by atoms with Gasteiger partial charge in [0, 0.05) is 10.6 Å². The van der Waals surface area contributed by atoms with Crippen LogP contribution in [0.4, 0.5) is 14.7 Å². The molecule has 0 bridgehead atoms. The van der Waals surface area contributed by atoms with Crippen LogP contribution in [0.15, 0.2) is 6.33 Å². The normalized spacial score (nSPS) is 12.3. The van der Waals surface area contributed by atoms with Crippen molar-refractivity contribution in [3.63, 3.8) is 0 Å². The number of hydrogen-bond donors (Lipinski definition) is 1. The average Bonchev–Trinajstić information content (AvgIpc) is 2.62. The first kappa shape index (κ1) is 14.9. The molecule has 1 amide bonds. The van der Waals surface area contributed by atoms with Crippen molar-refractivity contribution in [2.75, 3.05) is 0 Å². The van der Waals surface area contributed by atoms with E-state index in [2.05, 4.69) is 15.4 Å². The van der Waals surface area contributed by atoms with Gasteiger partial charge in [-0.25, -0.2) is 0 Å². The molecule has 0 radical (unpaired) electrons. The number of nitrogens with zero attached hydrogens (tertiary/aromatic N) is 4. The highest BCUT2D eigenvalue weighted by atomic mass is 19.3. The Bertz CT molecular complexity index is 494. The van der Waals surface area contributed by atoms with E-state index in [1.807, 2.05) is 0 Å². The van der Waals surface area contributed by atoms with E-state index in [1.165, 1.54) is 0 Å². The molecule has 0 unspecified atom stereocenters. The minimum absolute atomic E-state index is 0.556. The lowest BCUT2D eigenvalue weighted by atomic mass is 10.1. The molecule has 1 aromatic heterocycles. The Morgan fingerprint density at radius 2 is 2.11 bits per heavy atom. The number of nitro groups is 1. The molecule has 0 saturated heterocycles. The van der Waals surface area contributed by atoms with Crippen LogP contribution in [0.1, 0.15) is 20.8 Å².